The van der Waals surface area contributed by atoms with E-state index in [1.807, 2.05) is 0 Å². The molecular formula is C30H56N2O7S. The van der Waals surface area contributed by atoms with Gasteiger partial charge in [0.15, 0.2) is 6.29 Å². The highest BCUT2D eigenvalue weighted by atomic mass is 32.2. The average Bonchev–Trinajstić information content (AvgIpc) is 2.91. The van der Waals surface area contributed by atoms with E-state index in [2.05, 4.69) is 16.9 Å². The first-order valence-electron chi connectivity index (χ1n) is 15.5. The molecule has 1 heterocycles. The Hall–Kier alpha value is -1.33. The Balaban J connectivity index is 2.04. The van der Waals surface area contributed by atoms with Crippen LogP contribution in [0.3, 0.4) is 0 Å². The van der Waals surface area contributed by atoms with Gasteiger partial charge in [-0.2, -0.15) is 8.42 Å². The molecule has 2 unspecified atom stereocenters. The number of hydrogen-bond acceptors (Lipinski definition) is 9. The summed E-state index contributed by atoms with van der Waals surface area (Å²) in [5.41, 5.74) is 0. The number of nitrogens with zero attached hydrogens (tertiary/aromatic N) is 2. The largest absolute Gasteiger partial charge is 0.455 e. The molecule has 10 heteroatoms. The van der Waals surface area contributed by atoms with E-state index in [9.17, 15) is 8.42 Å². The van der Waals surface area contributed by atoms with Crippen molar-refractivity contribution in [2.75, 3.05) is 39.3 Å². The van der Waals surface area contributed by atoms with E-state index in [1.165, 1.54) is 103 Å². The normalized spacial score (nSPS) is 13.4. The molecule has 0 fully saturated rings. The molecule has 0 radical (unpaired) electrons. The maximum atomic E-state index is 11.1. The summed E-state index contributed by atoms with van der Waals surface area (Å²) in [5.74, 6) is 0. The van der Waals surface area contributed by atoms with Crippen LogP contribution in [-0.2, 0) is 28.5 Å². The second-order valence-corrected chi connectivity index (χ2v) is 12.1. The van der Waals surface area contributed by atoms with Crippen molar-refractivity contribution < 1.29 is 31.5 Å². The number of unbranched alkanes of at least 4 members (excludes halogenated alkanes) is 15. The number of ether oxygens (including phenoxy) is 4. The van der Waals surface area contributed by atoms with Crippen molar-refractivity contribution in [3.8, 4) is 6.01 Å². The van der Waals surface area contributed by atoms with E-state index in [0.717, 1.165) is 12.7 Å². The maximum absolute atomic E-state index is 11.1. The zero-order valence-electron chi connectivity index (χ0n) is 25.4. The van der Waals surface area contributed by atoms with Crippen LogP contribution in [0.25, 0.3) is 0 Å². The molecule has 9 nitrogen and oxygen atoms in total. The standard InChI is InChI=1S/C30H56N2O7S/c1-4-5-6-7-8-9-10-11-12-13-14-15-16-17-18-19-23-35-26-29(38-30-31-21-20-22-32-30)27-36-24-25-37-28(2)39-40(3,33)34/h20-22,28-29H,4-19,23-27H2,1-3H3. The van der Waals surface area contributed by atoms with E-state index in [4.69, 9.17) is 23.1 Å². The lowest BCUT2D eigenvalue weighted by atomic mass is 10.0. The lowest BCUT2D eigenvalue weighted by Gasteiger charge is -2.18. The van der Waals surface area contributed by atoms with Gasteiger partial charge in [0.05, 0.1) is 32.7 Å². The molecule has 1 rings (SSSR count). The van der Waals surface area contributed by atoms with Crippen LogP contribution in [0.1, 0.15) is 117 Å². The van der Waals surface area contributed by atoms with Gasteiger partial charge in [-0.25, -0.2) is 14.2 Å². The van der Waals surface area contributed by atoms with Crippen LogP contribution in [0.4, 0.5) is 0 Å². The highest BCUT2D eigenvalue weighted by Gasteiger charge is 2.14. The van der Waals surface area contributed by atoms with Gasteiger partial charge >= 0.3 is 6.01 Å². The van der Waals surface area contributed by atoms with Gasteiger partial charge in [0.2, 0.25) is 0 Å². The summed E-state index contributed by atoms with van der Waals surface area (Å²) in [6.07, 6.45) is 24.5. The van der Waals surface area contributed by atoms with Gasteiger partial charge in [0, 0.05) is 19.0 Å². The van der Waals surface area contributed by atoms with Gasteiger partial charge in [-0.05, 0) is 19.4 Å². The van der Waals surface area contributed by atoms with Crippen LogP contribution in [0.15, 0.2) is 18.5 Å². The van der Waals surface area contributed by atoms with Crippen molar-refractivity contribution in [2.24, 2.45) is 0 Å². The van der Waals surface area contributed by atoms with Crippen LogP contribution in [0.2, 0.25) is 0 Å². The number of hydrogen-bond donors (Lipinski definition) is 0. The molecule has 0 aliphatic carbocycles. The third kappa shape index (κ3) is 24.5. The summed E-state index contributed by atoms with van der Waals surface area (Å²) in [4.78, 5) is 8.22. The molecule has 0 amide bonds. The molecule has 0 saturated heterocycles. The minimum absolute atomic E-state index is 0.186. The first kappa shape index (κ1) is 36.7. The first-order valence-corrected chi connectivity index (χ1v) is 17.3. The predicted molar refractivity (Wildman–Crippen MR) is 159 cm³/mol. The van der Waals surface area contributed by atoms with Crippen LogP contribution >= 0.6 is 0 Å². The summed E-state index contributed by atoms with van der Waals surface area (Å²) >= 11 is 0. The summed E-state index contributed by atoms with van der Waals surface area (Å²) in [6, 6.07) is 2.00. The molecule has 2 atom stereocenters. The zero-order chi connectivity index (χ0) is 29.2. The molecular weight excluding hydrogens is 532 g/mol. The average molecular weight is 589 g/mol. The van der Waals surface area contributed by atoms with Crippen molar-refractivity contribution >= 4 is 10.1 Å². The van der Waals surface area contributed by atoms with E-state index in [1.54, 1.807) is 18.5 Å². The SMILES string of the molecule is CCCCCCCCCCCCCCCCCCOCC(COCCOC(C)OS(C)(=O)=O)Oc1ncccn1. The van der Waals surface area contributed by atoms with Crippen LogP contribution in [0.5, 0.6) is 6.01 Å². The molecule has 0 bridgehead atoms. The maximum Gasteiger partial charge on any atom is 0.316 e. The number of rotatable bonds is 29. The Bertz CT molecular complexity index is 784. The molecule has 0 aromatic carbocycles. The Labute approximate surface area is 244 Å². The predicted octanol–water partition coefficient (Wildman–Crippen LogP) is 6.86. The Morgan fingerprint density at radius 3 is 1.68 bits per heavy atom. The van der Waals surface area contributed by atoms with E-state index in [-0.39, 0.29) is 31.9 Å². The van der Waals surface area contributed by atoms with E-state index in [0.29, 0.717) is 13.2 Å². The molecule has 40 heavy (non-hydrogen) atoms. The van der Waals surface area contributed by atoms with Crippen molar-refractivity contribution in [3.63, 3.8) is 0 Å². The molecule has 0 aliphatic heterocycles. The van der Waals surface area contributed by atoms with Gasteiger partial charge in [0.25, 0.3) is 10.1 Å². The smallest absolute Gasteiger partial charge is 0.316 e. The summed E-state index contributed by atoms with van der Waals surface area (Å²) in [6.45, 7) is 5.55. The lowest BCUT2D eigenvalue weighted by Crippen LogP contribution is -2.30. The van der Waals surface area contributed by atoms with Gasteiger partial charge in [-0.15, -0.1) is 0 Å². The van der Waals surface area contributed by atoms with Gasteiger partial charge in [-0.1, -0.05) is 103 Å². The summed E-state index contributed by atoms with van der Waals surface area (Å²) in [5, 5.41) is 0. The van der Waals surface area contributed by atoms with E-state index < -0.39 is 16.4 Å². The lowest BCUT2D eigenvalue weighted by molar-refractivity contribution is -0.0874. The molecule has 1 aromatic heterocycles. The second-order valence-electron chi connectivity index (χ2n) is 10.5. The fourth-order valence-electron chi connectivity index (χ4n) is 4.34. The molecule has 0 aliphatic rings. The van der Waals surface area contributed by atoms with Crippen LogP contribution < -0.4 is 4.74 Å². The highest BCUT2D eigenvalue weighted by Crippen LogP contribution is 2.14. The topological polar surface area (TPSA) is 106 Å². The highest BCUT2D eigenvalue weighted by molar-refractivity contribution is 7.86. The minimum atomic E-state index is -3.56. The Morgan fingerprint density at radius 2 is 1.18 bits per heavy atom. The fraction of sp³-hybridized carbons (Fsp3) is 0.867. The number of aromatic nitrogens is 2. The molecule has 1 aromatic rings. The Kier molecular flexibility index (Phi) is 23.3. The fourth-order valence-corrected chi connectivity index (χ4v) is 4.89. The van der Waals surface area contributed by atoms with Gasteiger partial charge in [0.1, 0.15) is 6.10 Å². The van der Waals surface area contributed by atoms with Gasteiger partial charge < -0.3 is 18.9 Å². The summed E-state index contributed by atoms with van der Waals surface area (Å²) in [7, 11) is -3.56. The van der Waals surface area contributed by atoms with Crippen molar-refractivity contribution in [2.45, 2.75) is 129 Å². The molecule has 0 saturated carbocycles. The van der Waals surface area contributed by atoms with Crippen molar-refractivity contribution in [1.82, 2.24) is 9.97 Å². The molecule has 0 spiro atoms. The zero-order valence-corrected chi connectivity index (χ0v) is 26.2. The van der Waals surface area contributed by atoms with E-state index >= 15 is 0 Å². The quantitative estimate of drug-likeness (QED) is 0.0564. The van der Waals surface area contributed by atoms with Crippen LogP contribution in [-0.4, -0.2) is 70.1 Å². The van der Waals surface area contributed by atoms with Crippen LogP contribution in [0, 0.1) is 0 Å². The van der Waals surface area contributed by atoms with Gasteiger partial charge in [-0.3, -0.25) is 0 Å². The molecule has 0 N–H and O–H groups in total. The Morgan fingerprint density at radius 1 is 0.700 bits per heavy atom. The monoisotopic (exact) mass is 588 g/mol. The summed E-state index contributed by atoms with van der Waals surface area (Å²) < 4.78 is 49.6. The first-order chi connectivity index (χ1) is 19.4. The van der Waals surface area contributed by atoms with Crippen molar-refractivity contribution in [1.29, 1.82) is 0 Å². The molecule has 234 valence electrons. The third-order valence-electron chi connectivity index (χ3n) is 6.45. The minimum Gasteiger partial charge on any atom is -0.455 e. The third-order valence-corrected chi connectivity index (χ3v) is 7.08. The van der Waals surface area contributed by atoms with Crippen molar-refractivity contribution in [3.05, 3.63) is 18.5 Å². The second kappa shape index (κ2) is 25.4.